The van der Waals surface area contributed by atoms with Gasteiger partial charge < -0.3 is 74.7 Å². The number of thioether (sulfide) groups is 1. The fraction of sp³-hybridized carbons (Fsp3) is 0.750. The van der Waals surface area contributed by atoms with E-state index in [1.54, 1.807) is 0 Å². The molecule has 0 radical (unpaired) electrons. The number of nitrogens with zero attached hydrogens (tertiary/aromatic N) is 1. The molecule has 3 fully saturated rings. The van der Waals surface area contributed by atoms with E-state index in [-0.39, 0.29) is 11.4 Å². The molecule has 1 aromatic rings. The molecule has 18 nitrogen and oxygen atoms in total. The van der Waals surface area contributed by atoms with Gasteiger partial charge in [-0.15, -0.1) is 11.8 Å². The number of hydrogen-bond donors (Lipinski definition) is 10. The van der Waals surface area contributed by atoms with E-state index in [4.69, 9.17) is 23.7 Å². The van der Waals surface area contributed by atoms with Crippen molar-refractivity contribution in [1.29, 1.82) is 0 Å². The second kappa shape index (κ2) is 14.5. The third kappa shape index (κ3) is 7.21. The largest absolute Gasteiger partial charge is 0.462 e. The molecule has 4 rings (SSSR count). The van der Waals surface area contributed by atoms with Gasteiger partial charge in [-0.05, 0) is 12.1 Å². The number of benzene rings is 1. The Morgan fingerprint density at radius 2 is 1.26 bits per heavy atom. The van der Waals surface area contributed by atoms with Crippen LogP contribution in [0.15, 0.2) is 24.3 Å². The lowest BCUT2D eigenvalue weighted by molar-refractivity contribution is -0.384. The summed E-state index contributed by atoms with van der Waals surface area (Å²) in [6, 6.07) is 4.73. The summed E-state index contributed by atoms with van der Waals surface area (Å²) in [6.07, 6.45) is -21.1. The van der Waals surface area contributed by atoms with Gasteiger partial charge in [0.15, 0.2) is 6.29 Å². The fourth-order valence-electron chi connectivity index (χ4n) is 4.91. The Kier molecular flexibility index (Phi) is 11.5. The minimum Gasteiger partial charge on any atom is -0.462 e. The molecule has 0 aliphatic carbocycles. The predicted octanol–water partition coefficient (Wildman–Crippen LogP) is -4.86. The molecular formula is C24H35NO17S. The summed E-state index contributed by atoms with van der Waals surface area (Å²) in [6.45, 7) is -2.28. The average Bonchev–Trinajstić information content (AvgIpc) is 2.99. The Bertz CT molecular complexity index is 1050. The van der Waals surface area contributed by atoms with E-state index in [0.717, 1.165) is 12.1 Å². The van der Waals surface area contributed by atoms with Crippen LogP contribution in [0.4, 0.5) is 5.69 Å². The molecule has 3 heterocycles. The van der Waals surface area contributed by atoms with E-state index in [0.29, 0.717) is 11.8 Å². The first-order valence-electron chi connectivity index (χ1n) is 13.2. The van der Waals surface area contributed by atoms with Crippen molar-refractivity contribution in [2.45, 2.75) is 90.4 Å². The highest BCUT2D eigenvalue weighted by molar-refractivity contribution is 8.00. The SMILES string of the molecule is O=[N+]([O-])c1ccc(OC2OC(CO)C(O)C(O[C@@H]3O[C@H](CO)[C@@H](O)[C@H](S[C@@H]4O[C@H](CO)[C@@H](O)[C@H](O)[C@H]4O)[C@H]3O)C2O)cc1. The maximum absolute atomic E-state index is 11.1. The summed E-state index contributed by atoms with van der Waals surface area (Å²) in [4.78, 5) is 10.3. The van der Waals surface area contributed by atoms with Gasteiger partial charge in [-0.3, -0.25) is 10.1 Å². The summed E-state index contributed by atoms with van der Waals surface area (Å²) in [7, 11) is 0. The van der Waals surface area contributed by atoms with E-state index in [9.17, 15) is 61.2 Å². The third-order valence-corrected chi connectivity index (χ3v) is 8.90. The highest BCUT2D eigenvalue weighted by atomic mass is 32.2. The molecule has 1 aromatic carbocycles. The lowest BCUT2D eigenvalue weighted by atomic mass is 9.98. The van der Waals surface area contributed by atoms with Crippen molar-refractivity contribution in [1.82, 2.24) is 0 Å². The molecule has 3 aliphatic heterocycles. The Hall–Kier alpha value is -1.79. The third-order valence-electron chi connectivity index (χ3n) is 7.37. The van der Waals surface area contributed by atoms with Gasteiger partial charge in [-0.2, -0.15) is 0 Å². The van der Waals surface area contributed by atoms with Gasteiger partial charge in [-0.25, -0.2) is 0 Å². The maximum Gasteiger partial charge on any atom is 0.269 e. The molecule has 0 aromatic heterocycles. The van der Waals surface area contributed by atoms with E-state index < -0.39 is 115 Å². The zero-order valence-electron chi connectivity index (χ0n) is 22.3. The van der Waals surface area contributed by atoms with Gasteiger partial charge in [0.1, 0.15) is 72.2 Å². The number of aliphatic hydroxyl groups is 10. The van der Waals surface area contributed by atoms with Crippen molar-refractivity contribution >= 4 is 17.4 Å². The fourth-order valence-corrected chi connectivity index (χ4v) is 6.37. The standard InChI is InChI=1S/C24H35NO17S/c26-5-10-13(29)16(32)17(33)24(41-10)43-21-15(31)12(7-28)40-23(19(21)35)42-20-14(30)11(6-27)39-22(18(20)34)38-9-3-1-8(2-4-9)25(36)37/h1-4,10-24,26-35H,5-7H2/t10-,11?,12-,13-,14?,15-,16+,17-,18?,19-,20?,21+,22?,23+,24+/m1/s1. The predicted molar refractivity (Wildman–Crippen MR) is 139 cm³/mol. The second-order valence-corrected chi connectivity index (χ2v) is 11.5. The topological polar surface area (TPSA) is 292 Å². The van der Waals surface area contributed by atoms with Crippen LogP contribution in [0, 0.1) is 10.1 Å². The molecule has 10 N–H and O–H groups in total. The zero-order valence-corrected chi connectivity index (χ0v) is 23.1. The minimum atomic E-state index is -1.81. The molecule has 3 aliphatic rings. The van der Waals surface area contributed by atoms with Crippen LogP contribution in [0.25, 0.3) is 0 Å². The van der Waals surface area contributed by atoms with Crippen molar-refractivity contribution in [3.63, 3.8) is 0 Å². The van der Waals surface area contributed by atoms with Crippen molar-refractivity contribution in [3.05, 3.63) is 34.4 Å². The highest BCUT2D eigenvalue weighted by Crippen LogP contribution is 2.39. The van der Waals surface area contributed by atoms with Crippen LogP contribution in [0.2, 0.25) is 0 Å². The molecule has 43 heavy (non-hydrogen) atoms. The van der Waals surface area contributed by atoms with Gasteiger partial charge in [0.05, 0.1) is 36.1 Å². The molecule has 3 saturated heterocycles. The lowest BCUT2D eigenvalue weighted by Gasteiger charge is -2.48. The number of rotatable bonds is 10. The van der Waals surface area contributed by atoms with Crippen LogP contribution in [0.5, 0.6) is 5.75 Å². The molecule has 0 amide bonds. The first-order chi connectivity index (χ1) is 20.4. The maximum atomic E-state index is 11.1. The molecule has 0 saturated carbocycles. The zero-order chi connectivity index (χ0) is 31.6. The molecule has 0 spiro atoms. The number of aliphatic hydroxyl groups excluding tert-OH is 10. The monoisotopic (exact) mass is 641 g/mol. The lowest BCUT2D eigenvalue weighted by Crippen LogP contribution is -2.65. The molecule has 244 valence electrons. The summed E-state index contributed by atoms with van der Waals surface area (Å²) in [5.74, 6) is 0.0230. The van der Waals surface area contributed by atoms with Crippen molar-refractivity contribution in [2.24, 2.45) is 0 Å². The van der Waals surface area contributed by atoms with Gasteiger partial charge in [0.2, 0.25) is 6.29 Å². The van der Waals surface area contributed by atoms with Gasteiger partial charge >= 0.3 is 0 Å². The van der Waals surface area contributed by atoms with Crippen LogP contribution in [0.1, 0.15) is 0 Å². The van der Waals surface area contributed by atoms with Crippen molar-refractivity contribution < 1.29 is 79.7 Å². The summed E-state index contributed by atoms with van der Waals surface area (Å²) in [5.41, 5.74) is -1.62. The minimum absolute atomic E-state index is 0.0230. The van der Waals surface area contributed by atoms with E-state index in [2.05, 4.69) is 0 Å². The Balaban J connectivity index is 1.52. The van der Waals surface area contributed by atoms with Gasteiger partial charge in [0.25, 0.3) is 5.69 Å². The summed E-state index contributed by atoms with van der Waals surface area (Å²) in [5, 5.41) is 113. The summed E-state index contributed by atoms with van der Waals surface area (Å²) < 4.78 is 27.7. The molecule has 19 heteroatoms. The molecule has 0 bridgehead atoms. The van der Waals surface area contributed by atoms with Crippen molar-refractivity contribution in [3.8, 4) is 5.75 Å². The van der Waals surface area contributed by atoms with Crippen LogP contribution in [0.3, 0.4) is 0 Å². The normalized spacial score (nSPS) is 43.7. The Morgan fingerprint density at radius 1 is 0.698 bits per heavy atom. The molecular weight excluding hydrogens is 606 g/mol. The quantitative estimate of drug-likeness (QED) is 0.0846. The van der Waals surface area contributed by atoms with Crippen LogP contribution in [-0.2, 0) is 18.9 Å². The summed E-state index contributed by atoms with van der Waals surface area (Å²) >= 11 is 0.600. The van der Waals surface area contributed by atoms with Crippen LogP contribution in [-0.4, -0.2) is 166 Å². The Labute approximate surface area is 247 Å². The van der Waals surface area contributed by atoms with Crippen LogP contribution >= 0.6 is 11.8 Å². The number of non-ortho nitro benzene ring substituents is 1. The highest BCUT2D eigenvalue weighted by Gasteiger charge is 2.53. The number of ether oxygens (including phenoxy) is 5. The number of nitro benzene ring substituents is 1. The first kappa shape index (κ1) is 34.1. The molecule has 15 atom stereocenters. The number of hydrogen-bond acceptors (Lipinski definition) is 18. The van der Waals surface area contributed by atoms with Crippen LogP contribution < -0.4 is 4.74 Å². The van der Waals surface area contributed by atoms with Gasteiger partial charge in [0, 0.05) is 12.1 Å². The van der Waals surface area contributed by atoms with Gasteiger partial charge in [-0.1, -0.05) is 0 Å². The van der Waals surface area contributed by atoms with Crippen molar-refractivity contribution in [2.75, 3.05) is 19.8 Å². The molecule has 5 unspecified atom stereocenters. The first-order valence-corrected chi connectivity index (χ1v) is 14.1. The van der Waals surface area contributed by atoms with E-state index >= 15 is 0 Å². The van der Waals surface area contributed by atoms with E-state index in [1.807, 2.05) is 0 Å². The average molecular weight is 642 g/mol. The van der Waals surface area contributed by atoms with E-state index in [1.165, 1.54) is 12.1 Å². The Morgan fingerprint density at radius 3 is 1.84 bits per heavy atom. The smallest absolute Gasteiger partial charge is 0.269 e. The second-order valence-electron chi connectivity index (χ2n) is 10.2. The number of nitro groups is 1.